The molecule has 0 aromatic heterocycles. The molecule has 1 aliphatic heterocycles. The molecular formula is C19H21NO4. The maximum atomic E-state index is 11.3. The first kappa shape index (κ1) is 16.3. The fourth-order valence-corrected chi connectivity index (χ4v) is 2.96. The van der Waals surface area contributed by atoms with Crippen LogP contribution in [0.15, 0.2) is 42.5 Å². The number of nitrogens with one attached hydrogen (secondary N) is 1. The molecule has 0 bridgehead atoms. The summed E-state index contributed by atoms with van der Waals surface area (Å²) in [5.74, 6) is 0.463. The number of benzene rings is 2. The molecule has 5 nitrogen and oxygen atoms in total. The monoisotopic (exact) mass is 327 g/mol. The maximum absolute atomic E-state index is 11.3. The Kier molecular flexibility index (Phi) is 5.01. The standard InChI is InChI=1S/C19H21NO4/c1-23-17-8-7-14-12-20-16(19(21)22)11-15(14)18(17)24-10-9-13-5-3-2-4-6-13/h2-8,16,20H,9-12H2,1H3,(H,21,22). The summed E-state index contributed by atoms with van der Waals surface area (Å²) < 4.78 is 11.4. The zero-order valence-electron chi connectivity index (χ0n) is 13.6. The number of hydrogen-bond donors (Lipinski definition) is 2. The third kappa shape index (κ3) is 3.51. The van der Waals surface area contributed by atoms with E-state index in [9.17, 15) is 9.90 Å². The van der Waals surface area contributed by atoms with Gasteiger partial charge in [0.25, 0.3) is 0 Å². The Morgan fingerprint density at radius 2 is 2.04 bits per heavy atom. The van der Waals surface area contributed by atoms with E-state index < -0.39 is 12.0 Å². The van der Waals surface area contributed by atoms with Crippen molar-refractivity contribution in [3.63, 3.8) is 0 Å². The lowest BCUT2D eigenvalue weighted by Crippen LogP contribution is -2.41. The van der Waals surface area contributed by atoms with Gasteiger partial charge in [0.1, 0.15) is 6.04 Å². The molecule has 1 heterocycles. The van der Waals surface area contributed by atoms with E-state index in [-0.39, 0.29) is 0 Å². The van der Waals surface area contributed by atoms with Gasteiger partial charge in [0.2, 0.25) is 0 Å². The number of carboxylic acid groups (broad SMARTS) is 1. The maximum Gasteiger partial charge on any atom is 0.321 e. The van der Waals surface area contributed by atoms with E-state index in [0.29, 0.717) is 31.1 Å². The molecule has 0 amide bonds. The zero-order valence-corrected chi connectivity index (χ0v) is 13.6. The van der Waals surface area contributed by atoms with E-state index in [1.165, 1.54) is 5.56 Å². The minimum Gasteiger partial charge on any atom is -0.493 e. The molecule has 0 aliphatic carbocycles. The number of ether oxygens (including phenoxy) is 2. The largest absolute Gasteiger partial charge is 0.493 e. The second-order valence-electron chi connectivity index (χ2n) is 5.79. The van der Waals surface area contributed by atoms with Crippen LogP contribution in [0, 0.1) is 0 Å². The molecule has 5 heteroatoms. The molecule has 0 radical (unpaired) electrons. The van der Waals surface area contributed by atoms with Crippen molar-refractivity contribution in [2.45, 2.75) is 25.4 Å². The smallest absolute Gasteiger partial charge is 0.321 e. The average Bonchev–Trinajstić information content (AvgIpc) is 2.62. The molecule has 2 aromatic rings. The highest BCUT2D eigenvalue weighted by atomic mass is 16.5. The Bertz CT molecular complexity index is 715. The molecule has 0 saturated carbocycles. The molecule has 24 heavy (non-hydrogen) atoms. The summed E-state index contributed by atoms with van der Waals surface area (Å²) in [5, 5.41) is 12.3. The second kappa shape index (κ2) is 7.36. The van der Waals surface area contributed by atoms with Crippen molar-refractivity contribution in [3.8, 4) is 11.5 Å². The lowest BCUT2D eigenvalue weighted by molar-refractivity contribution is -0.139. The third-order valence-corrected chi connectivity index (χ3v) is 4.27. The lowest BCUT2D eigenvalue weighted by Gasteiger charge is -2.26. The van der Waals surface area contributed by atoms with Gasteiger partial charge in [0.05, 0.1) is 13.7 Å². The van der Waals surface area contributed by atoms with Crippen LogP contribution in [-0.2, 0) is 24.2 Å². The van der Waals surface area contributed by atoms with Gasteiger partial charge in [0.15, 0.2) is 11.5 Å². The summed E-state index contributed by atoms with van der Waals surface area (Å²) in [7, 11) is 1.60. The van der Waals surface area contributed by atoms with Crippen LogP contribution in [0.4, 0.5) is 0 Å². The molecule has 1 atom stereocenters. The van der Waals surface area contributed by atoms with Crippen molar-refractivity contribution in [2.24, 2.45) is 0 Å². The number of carbonyl (C=O) groups is 1. The SMILES string of the molecule is COc1ccc2c(c1OCCc1ccccc1)CC(C(=O)O)NC2. The van der Waals surface area contributed by atoms with Crippen LogP contribution in [0.5, 0.6) is 11.5 Å². The van der Waals surface area contributed by atoms with Crippen LogP contribution in [0.3, 0.4) is 0 Å². The third-order valence-electron chi connectivity index (χ3n) is 4.27. The highest BCUT2D eigenvalue weighted by Gasteiger charge is 2.27. The number of rotatable bonds is 6. The number of carboxylic acids is 1. The van der Waals surface area contributed by atoms with Gasteiger partial charge in [-0.1, -0.05) is 36.4 Å². The lowest BCUT2D eigenvalue weighted by atomic mass is 9.94. The van der Waals surface area contributed by atoms with Gasteiger partial charge in [-0.2, -0.15) is 0 Å². The highest BCUT2D eigenvalue weighted by molar-refractivity contribution is 5.75. The van der Waals surface area contributed by atoms with Crippen LogP contribution in [0.1, 0.15) is 16.7 Å². The fourth-order valence-electron chi connectivity index (χ4n) is 2.96. The average molecular weight is 327 g/mol. The van der Waals surface area contributed by atoms with Gasteiger partial charge >= 0.3 is 5.97 Å². The molecule has 0 saturated heterocycles. The van der Waals surface area contributed by atoms with Crippen LogP contribution < -0.4 is 14.8 Å². The Labute approximate surface area is 141 Å². The molecule has 0 fully saturated rings. The van der Waals surface area contributed by atoms with Crippen molar-refractivity contribution in [3.05, 3.63) is 59.2 Å². The number of methoxy groups -OCH3 is 1. The Morgan fingerprint density at radius 3 is 2.75 bits per heavy atom. The molecule has 3 rings (SSSR count). The second-order valence-corrected chi connectivity index (χ2v) is 5.79. The summed E-state index contributed by atoms with van der Waals surface area (Å²) in [6, 6.07) is 13.4. The van der Waals surface area contributed by atoms with Gasteiger partial charge in [-0.25, -0.2) is 0 Å². The molecule has 0 spiro atoms. The molecular weight excluding hydrogens is 306 g/mol. The topological polar surface area (TPSA) is 67.8 Å². The predicted molar refractivity (Wildman–Crippen MR) is 90.6 cm³/mol. The Morgan fingerprint density at radius 1 is 1.25 bits per heavy atom. The highest BCUT2D eigenvalue weighted by Crippen LogP contribution is 2.36. The summed E-state index contributed by atoms with van der Waals surface area (Å²) in [4.78, 5) is 11.3. The summed E-state index contributed by atoms with van der Waals surface area (Å²) in [6.07, 6.45) is 1.18. The number of aliphatic carboxylic acids is 1. The Hall–Kier alpha value is -2.53. The number of hydrogen-bond acceptors (Lipinski definition) is 4. The van der Waals surface area contributed by atoms with E-state index in [4.69, 9.17) is 9.47 Å². The molecule has 2 N–H and O–H groups in total. The van der Waals surface area contributed by atoms with Crippen LogP contribution in [-0.4, -0.2) is 30.8 Å². The molecule has 1 aliphatic rings. The first-order valence-electron chi connectivity index (χ1n) is 8.00. The van der Waals surface area contributed by atoms with E-state index in [1.54, 1.807) is 7.11 Å². The summed E-state index contributed by atoms with van der Waals surface area (Å²) >= 11 is 0. The van der Waals surface area contributed by atoms with Crippen LogP contribution in [0.25, 0.3) is 0 Å². The van der Waals surface area contributed by atoms with E-state index in [0.717, 1.165) is 17.5 Å². The fraction of sp³-hybridized carbons (Fsp3) is 0.316. The minimum atomic E-state index is -0.848. The van der Waals surface area contributed by atoms with E-state index in [2.05, 4.69) is 17.4 Å². The van der Waals surface area contributed by atoms with Gasteiger partial charge < -0.3 is 19.9 Å². The van der Waals surface area contributed by atoms with Gasteiger partial charge in [-0.15, -0.1) is 0 Å². The molecule has 126 valence electrons. The number of fused-ring (bicyclic) bond motifs is 1. The quantitative estimate of drug-likeness (QED) is 0.853. The van der Waals surface area contributed by atoms with Crippen molar-refractivity contribution < 1.29 is 19.4 Å². The van der Waals surface area contributed by atoms with Gasteiger partial charge in [-0.05, 0) is 17.2 Å². The predicted octanol–water partition coefficient (Wildman–Crippen LogP) is 2.42. The Balaban J connectivity index is 1.79. The van der Waals surface area contributed by atoms with E-state index >= 15 is 0 Å². The van der Waals surface area contributed by atoms with Crippen molar-refractivity contribution in [1.82, 2.24) is 5.32 Å². The first-order valence-corrected chi connectivity index (χ1v) is 8.00. The molecule has 1 unspecified atom stereocenters. The summed E-state index contributed by atoms with van der Waals surface area (Å²) in [6.45, 7) is 1.04. The van der Waals surface area contributed by atoms with Gasteiger partial charge in [0, 0.05) is 24.9 Å². The normalized spacial score (nSPS) is 16.3. The van der Waals surface area contributed by atoms with Crippen molar-refractivity contribution in [1.29, 1.82) is 0 Å². The van der Waals surface area contributed by atoms with Crippen molar-refractivity contribution >= 4 is 5.97 Å². The van der Waals surface area contributed by atoms with Crippen LogP contribution in [0.2, 0.25) is 0 Å². The van der Waals surface area contributed by atoms with Gasteiger partial charge in [-0.3, -0.25) is 4.79 Å². The minimum absolute atomic E-state index is 0.391. The first-order chi connectivity index (χ1) is 11.7. The van der Waals surface area contributed by atoms with Crippen molar-refractivity contribution in [2.75, 3.05) is 13.7 Å². The zero-order chi connectivity index (χ0) is 16.9. The molecule has 2 aromatic carbocycles. The van der Waals surface area contributed by atoms with Crippen LogP contribution >= 0.6 is 0 Å². The summed E-state index contributed by atoms with van der Waals surface area (Å²) in [5.41, 5.74) is 3.18. The van der Waals surface area contributed by atoms with E-state index in [1.807, 2.05) is 30.3 Å².